The van der Waals surface area contributed by atoms with E-state index in [4.69, 9.17) is 4.74 Å². The maximum Gasteiger partial charge on any atom is 0.255 e. The van der Waals surface area contributed by atoms with E-state index in [2.05, 4.69) is 17.0 Å². The standard InChI is InChI=1S/C28H26N2O3/c31-26(24-9-5-2-6-10-24)16-13-22-11-14-25(15-12-22)27(32)30-18-17-29(28(30)20-33-21-28)19-23-7-3-1-4-8-23/h1-16H,17-21H2/b16-13+. The van der Waals surface area contributed by atoms with Crippen molar-refractivity contribution in [2.45, 2.75) is 12.2 Å². The highest BCUT2D eigenvalue weighted by molar-refractivity contribution is 6.06. The maximum atomic E-state index is 13.4. The summed E-state index contributed by atoms with van der Waals surface area (Å²) in [4.78, 5) is 30.0. The number of carbonyl (C=O) groups is 2. The molecule has 3 aromatic carbocycles. The van der Waals surface area contributed by atoms with E-state index in [0.29, 0.717) is 30.9 Å². The molecule has 0 N–H and O–H groups in total. The minimum Gasteiger partial charge on any atom is -0.374 e. The lowest BCUT2D eigenvalue weighted by Gasteiger charge is -2.49. The lowest BCUT2D eigenvalue weighted by molar-refractivity contribution is -0.176. The van der Waals surface area contributed by atoms with Crippen LogP contribution in [-0.2, 0) is 11.3 Å². The number of carbonyl (C=O) groups excluding carboxylic acids is 2. The molecule has 5 nitrogen and oxygen atoms in total. The normalized spacial score (nSPS) is 17.4. The third-order valence-corrected chi connectivity index (χ3v) is 6.46. The summed E-state index contributed by atoms with van der Waals surface area (Å²) in [5.74, 6) is -0.0250. The minimum absolute atomic E-state index is 0.0183. The highest BCUT2D eigenvalue weighted by atomic mass is 16.5. The van der Waals surface area contributed by atoms with Gasteiger partial charge in [0.05, 0.1) is 13.2 Å². The van der Waals surface area contributed by atoms with Crippen LogP contribution in [0.3, 0.4) is 0 Å². The van der Waals surface area contributed by atoms with Gasteiger partial charge in [-0.3, -0.25) is 14.5 Å². The summed E-state index contributed by atoms with van der Waals surface area (Å²) in [7, 11) is 0. The molecule has 5 heteroatoms. The third-order valence-electron chi connectivity index (χ3n) is 6.46. The largest absolute Gasteiger partial charge is 0.374 e. The number of allylic oxidation sites excluding steroid dienone is 1. The first-order valence-electron chi connectivity index (χ1n) is 11.2. The summed E-state index contributed by atoms with van der Waals surface area (Å²) < 4.78 is 5.58. The molecular formula is C28H26N2O3. The monoisotopic (exact) mass is 438 g/mol. The van der Waals surface area contributed by atoms with Gasteiger partial charge in [0.1, 0.15) is 5.66 Å². The van der Waals surface area contributed by atoms with E-state index in [1.54, 1.807) is 24.3 Å². The highest BCUT2D eigenvalue weighted by Gasteiger charge is 2.54. The molecule has 0 aliphatic carbocycles. The van der Waals surface area contributed by atoms with Gasteiger partial charge >= 0.3 is 0 Å². The van der Waals surface area contributed by atoms with Gasteiger partial charge in [0.2, 0.25) is 0 Å². The molecule has 5 rings (SSSR count). The molecule has 0 saturated carbocycles. The zero-order valence-electron chi connectivity index (χ0n) is 18.4. The van der Waals surface area contributed by atoms with Crippen molar-refractivity contribution in [3.63, 3.8) is 0 Å². The number of nitrogens with zero attached hydrogens (tertiary/aromatic N) is 2. The smallest absolute Gasteiger partial charge is 0.255 e. The van der Waals surface area contributed by atoms with Crippen LogP contribution in [0.1, 0.15) is 31.8 Å². The third kappa shape index (κ3) is 4.25. The maximum absolute atomic E-state index is 13.4. The van der Waals surface area contributed by atoms with E-state index in [1.807, 2.05) is 65.6 Å². The molecule has 0 unspecified atom stereocenters. The van der Waals surface area contributed by atoms with Crippen molar-refractivity contribution in [1.29, 1.82) is 0 Å². The highest BCUT2D eigenvalue weighted by Crippen LogP contribution is 2.36. The summed E-state index contributed by atoms with van der Waals surface area (Å²) in [5.41, 5.74) is 3.05. The zero-order valence-corrected chi connectivity index (χ0v) is 18.4. The Balaban J connectivity index is 1.27. The Hall–Kier alpha value is -3.54. The van der Waals surface area contributed by atoms with Crippen LogP contribution in [0, 0.1) is 0 Å². The van der Waals surface area contributed by atoms with Gasteiger partial charge < -0.3 is 9.64 Å². The van der Waals surface area contributed by atoms with Gasteiger partial charge in [-0.25, -0.2) is 0 Å². The van der Waals surface area contributed by atoms with Crippen LogP contribution in [0.5, 0.6) is 0 Å². The number of amides is 1. The molecule has 3 aromatic rings. The van der Waals surface area contributed by atoms with Gasteiger partial charge in [-0.2, -0.15) is 0 Å². The van der Waals surface area contributed by atoms with Crippen molar-refractivity contribution in [3.8, 4) is 0 Å². The van der Waals surface area contributed by atoms with Gasteiger partial charge in [0, 0.05) is 30.8 Å². The van der Waals surface area contributed by atoms with Crippen molar-refractivity contribution in [1.82, 2.24) is 9.80 Å². The number of hydrogen-bond donors (Lipinski definition) is 0. The Morgan fingerprint density at radius 1 is 0.818 bits per heavy atom. The lowest BCUT2D eigenvalue weighted by Crippen LogP contribution is -2.67. The van der Waals surface area contributed by atoms with Gasteiger partial charge in [-0.15, -0.1) is 0 Å². The fourth-order valence-corrected chi connectivity index (χ4v) is 4.51. The lowest BCUT2D eigenvalue weighted by atomic mass is 10.0. The number of hydrogen-bond acceptors (Lipinski definition) is 4. The summed E-state index contributed by atoms with van der Waals surface area (Å²) >= 11 is 0. The second kappa shape index (κ2) is 9.14. The molecule has 2 heterocycles. The molecule has 0 bridgehead atoms. The molecule has 1 spiro atoms. The topological polar surface area (TPSA) is 49.9 Å². The van der Waals surface area contributed by atoms with Gasteiger partial charge in [-0.05, 0) is 29.3 Å². The molecule has 33 heavy (non-hydrogen) atoms. The molecule has 0 atom stereocenters. The zero-order chi connectivity index (χ0) is 22.7. The first-order valence-corrected chi connectivity index (χ1v) is 11.2. The second-order valence-corrected chi connectivity index (χ2v) is 8.52. The average Bonchev–Trinajstić information content (AvgIpc) is 3.23. The molecule has 1 amide bonds. The van der Waals surface area contributed by atoms with E-state index < -0.39 is 0 Å². The molecule has 2 aliphatic rings. The molecule has 2 fully saturated rings. The second-order valence-electron chi connectivity index (χ2n) is 8.52. The summed E-state index contributed by atoms with van der Waals surface area (Å²) in [6.07, 6.45) is 3.34. The Morgan fingerprint density at radius 2 is 1.48 bits per heavy atom. The summed E-state index contributed by atoms with van der Waals surface area (Å²) in [6.45, 7) is 3.38. The van der Waals surface area contributed by atoms with Crippen LogP contribution in [0.4, 0.5) is 0 Å². The number of rotatable bonds is 6. The number of benzene rings is 3. The molecule has 2 aliphatic heterocycles. The molecule has 0 radical (unpaired) electrons. The van der Waals surface area contributed by atoms with Crippen molar-refractivity contribution < 1.29 is 14.3 Å². The Bertz CT molecular complexity index is 1150. The van der Waals surface area contributed by atoms with Gasteiger partial charge in [0.25, 0.3) is 5.91 Å². The predicted octanol–water partition coefficient (Wildman–Crippen LogP) is 4.27. The SMILES string of the molecule is O=C(/C=C/c1ccc(C(=O)N2CCN(Cc3ccccc3)C23COC3)cc1)c1ccccc1. The summed E-state index contributed by atoms with van der Waals surface area (Å²) in [5, 5.41) is 0. The molecule has 166 valence electrons. The van der Waals surface area contributed by atoms with Crippen LogP contribution in [0.2, 0.25) is 0 Å². The average molecular weight is 439 g/mol. The fraction of sp³-hybridized carbons (Fsp3) is 0.214. The first-order chi connectivity index (χ1) is 16.2. The minimum atomic E-state index is -0.367. The van der Waals surface area contributed by atoms with Gasteiger partial charge in [0.15, 0.2) is 5.78 Å². The number of ether oxygens (including phenoxy) is 1. The van der Waals surface area contributed by atoms with Crippen LogP contribution >= 0.6 is 0 Å². The first kappa shape index (κ1) is 21.3. The van der Waals surface area contributed by atoms with Crippen molar-refractivity contribution >= 4 is 17.8 Å². The fourth-order valence-electron chi connectivity index (χ4n) is 4.51. The van der Waals surface area contributed by atoms with Crippen LogP contribution < -0.4 is 0 Å². The van der Waals surface area contributed by atoms with Crippen molar-refractivity contribution in [2.24, 2.45) is 0 Å². The van der Waals surface area contributed by atoms with E-state index in [1.165, 1.54) is 5.56 Å². The van der Waals surface area contributed by atoms with Crippen LogP contribution in [0.25, 0.3) is 6.08 Å². The quantitative estimate of drug-likeness (QED) is 0.426. The summed E-state index contributed by atoms with van der Waals surface area (Å²) in [6, 6.07) is 26.9. The van der Waals surface area contributed by atoms with E-state index in [-0.39, 0.29) is 17.4 Å². The molecule has 0 aromatic heterocycles. The van der Waals surface area contributed by atoms with Crippen LogP contribution in [-0.4, -0.2) is 53.5 Å². The molecular weight excluding hydrogens is 412 g/mol. The van der Waals surface area contributed by atoms with E-state index in [9.17, 15) is 9.59 Å². The molecule has 2 saturated heterocycles. The van der Waals surface area contributed by atoms with E-state index in [0.717, 1.165) is 18.7 Å². The predicted molar refractivity (Wildman–Crippen MR) is 128 cm³/mol. The van der Waals surface area contributed by atoms with Crippen LogP contribution in [0.15, 0.2) is 91.0 Å². The Kier molecular flexibility index (Phi) is 5.90. The van der Waals surface area contributed by atoms with Crippen molar-refractivity contribution in [2.75, 3.05) is 26.3 Å². The Morgan fingerprint density at radius 3 is 2.12 bits per heavy atom. The van der Waals surface area contributed by atoms with Gasteiger partial charge in [-0.1, -0.05) is 78.9 Å². The van der Waals surface area contributed by atoms with Crippen molar-refractivity contribution in [3.05, 3.63) is 113 Å². The number of ketones is 1. The van der Waals surface area contributed by atoms with E-state index >= 15 is 0 Å². The Labute approximate surface area is 193 Å².